The molecule has 0 atom stereocenters. The van der Waals surface area contributed by atoms with Crippen LogP contribution < -0.4 is 9.64 Å². The number of ether oxygens (including phenoxy) is 1. The van der Waals surface area contributed by atoms with Crippen molar-refractivity contribution in [3.63, 3.8) is 0 Å². The Bertz CT molecular complexity index is 553. The number of nitrogens with zero attached hydrogens (tertiary/aromatic N) is 4. The molecule has 0 fully saturated rings. The highest BCUT2D eigenvalue weighted by molar-refractivity contribution is 5.34. The van der Waals surface area contributed by atoms with Gasteiger partial charge in [0, 0.05) is 14.1 Å². The molecule has 6 nitrogen and oxygen atoms in total. The van der Waals surface area contributed by atoms with Crippen LogP contribution in [-0.2, 0) is 6.61 Å². The molecule has 0 bridgehead atoms. The minimum Gasteiger partial charge on any atom is -0.486 e. The molecule has 0 aliphatic rings. The van der Waals surface area contributed by atoms with Crippen molar-refractivity contribution in [3.8, 4) is 11.8 Å². The second-order valence-corrected chi connectivity index (χ2v) is 3.90. The number of aromatic amines is 1. The molecule has 18 heavy (non-hydrogen) atoms. The first-order chi connectivity index (χ1) is 8.69. The smallest absolute Gasteiger partial charge is 0.244 e. The fraction of sp³-hybridized carbons (Fsp3) is 0.250. The quantitative estimate of drug-likeness (QED) is 0.876. The summed E-state index contributed by atoms with van der Waals surface area (Å²) in [6.45, 7) is 0.312. The highest BCUT2D eigenvalue weighted by atomic mass is 16.5. The highest BCUT2D eigenvalue weighted by Gasteiger charge is 2.05. The number of aromatic nitrogens is 3. The zero-order valence-electron chi connectivity index (χ0n) is 10.2. The van der Waals surface area contributed by atoms with Crippen molar-refractivity contribution in [2.24, 2.45) is 0 Å². The SMILES string of the molecule is CN(C)c1n[nH]c(COc2ccc(C#N)cc2)n1. The number of benzene rings is 1. The van der Waals surface area contributed by atoms with Crippen molar-refractivity contribution in [1.29, 1.82) is 5.26 Å². The van der Waals surface area contributed by atoms with Crippen LogP contribution in [0.25, 0.3) is 0 Å². The molecule has 2 rings (SSSR count). The molecular formula is C12H13N5O. The van der Waals surface area contributed by atoms with Gasteiger partial charge in [-0.15, -0.1) is 5.10 Å². The van der Waals surface area contributed by atoms with Crippen LogP contribution in [0.15, 0.2) is 24.3 Å². The van der Waals surface area contributed by atoms with Gasteiger partial charge in [-0.2, -0.15) is 10.2 Å². The van der Waals surface area contributed by atoms with Crippen molar-refractivity contribution < 1.29 is 4.74 Å². The van der Waals surface area contributed by atoms with E-state index in [-0.39, 0.29) is 0 Å². The van der Waals surface area contributed by atoms with Crippen LogP contribution in [0.4, 0.5) is 5.95 Å². The van der Waals surface area contributed by atoms with Gasteiger partial charge < -0.3 is 9.64 Å². The summed E-state index contributed by atoms with van der Waals surface area (Å²) >= 11 is 0. The molecule has 0 unspecified atom stereocenters. The van der Waals surface area contributed by atoms with Gasteiger partial charge in [-0.25, -0.2) is 0 Å². The van der Waals surface area contributed by atoms with E-state index in [9.17, 15) is 0 Å². The second-order valence-electron chi connectivity index (χ2n) is 3.90. The lowest BCUT2D eigenvalue weighted by molar-refractivity contribution is 0.296. The lowest BCUT2D eigenvalue weighted by Crippen LogP contribution is -2.10. The molecule has 0 saturated carbocycles. The zero-order valence-corrected chi connectivity index (χ0v) is 10.2. The van der Waals surface area contributed by atoms with Gasteiger partial charge in [0.2, 0.25) is 5.95 Å². The van der Waals surface area contributed by atoms with Crippen LogP contribution in [0.2, 0.25) is 0 Å². The Balaban J connectivity index is 1.96. The number of nitrogens with one attached hydrogen (secondary N) is 1. The lowest BCUT2D eigenvalue weighted by Gasteiger charge is -2.04. The van der Waals surface area contributed by atoms with Crippen LogP contribution in [-0.4, -0.2) is 29.3 Å². The van der Waals surface area contributed by atoms with Gasteiger partial charge in [-0.05, 0) is 24.3 Å². The first kappa shape index (κ1) is 11.9. The fourth-order valence-corrected chi connectivity index (χ4v) is 1.33. The molecule has 0 spiro atoms. The van der Waals surface area contributed by atoms with Gasteiger partial charge >= 0.3 is 0 Å². The first-order valence-electron chi connectivity index (χ1n) is 5.40. The van der Waals surface area contributed by atoms with Gasteiger partial charge in [-0.1, -0.05) is 0 Å². The minimum absolute atomic E-state index is 0.312. The molecule has 0 saturated heterocycles. The predicted octanol–water partition coefficient (Wildman–Crippen LogP) is 1.32. The molecule has 0 aliphatic heterocycles. The van der Waals surface area contributed by atoms with E-state index in [1.54, 1.807) is 24.3 Å². The predicted molar refractivity (Wildman–Crippen MR) is 66.2 cm³/mol. The monoisotopic (exact) mass is 243 g/mol. The van der Waals surface area contributed by atoms with Crippen LogP contribution in [0.5, 0.6) is 5.75 Å². The molecule has 1 aromatic heterocycles. The molecule has 1 N–H and O–H groups in total. The third-order valence-electron chi connectivity index (χ3n) is 2.28. The van der Waals surface area contributed by atoms with Gasteiger partial charge in [0.05, 0.1) is 11.6 Å². The summed E-state index contributed by atoms with van der Waals surface area (Å²) in [7, 11) is 3.74. The first-order valence-corrected chi connectivity index (χ1v) is 5.40. The molecule has 1 heterocycles. The highest BCUT2D eigenvalue weighted by Crippen LogP contribution is 2.13. The van der Waals surface area contributed by atoms with E-state index in [1.165, 1.54) is 0 Å². The Kier molecular flexibility index (Phi) is 3.44. The minimum atomic E-state index is 0.312. The van der Waals surface area contributed by atoms with E-state index < -0.39 is 0 Å². The summed E-state index contributed by atoms with van der Waals surface area (Å²) in [6, 6.07) is 8.98. The maximum atomic E-state index is 8.67. The number of hydrogen-bond acceptors (Lipinski definition) is 5. The largest absolute Gasteiger partial charge is 0.486 e. The third kappa shape index (κ3) is 2.77. The summed E-state index contributed by atoms with van der Waals surface area (Å²) < 4.78 is 5.52. The molecule has 2 aromatic rings. The van der Waals surface area contributed by atoms with Crippen molar-refractivity contribution >= 4 is 5.95 Å². The van der Waals surface area contributed by atoms with Crippen molar-refractivity contribution in [1.82, 2.24) is 15.2 Å². The number of nitriles is 1. The Morgan fingerprint density at radius 1 is 1.33 bits per heavy atom. The number of rotatable bonds is 4. The summed E-state index contributed by atoms with van der Waals surface area (Å²) in [6.07, 6.45) is 0. The van der Waals surface area contributed by atoms with Crippen molar-refractivity contribution in [3.05, 3.63) is 35.7 Å². The molecule has 1 aromatic carbocycles. The topological polar surface area (TPSA) is 77.8 Å². The van der Waals surface area contributed by atoms with E-state index in [0.717, 1.165) is 0 Å². The summed E-state index contributed by atoms with van der Waals surface area (Å²) in [5.41, 5.74) is 0.608. The van der Waals surface area contributed by atoms with Crippen molar-refractivity contribution in [2.45, 2.75) is 6.61 Å². The van der Waals surface area contributed by atoms with Crippen LogP contribution >= 0.6 is 0 Å². The van der Waals surface area contributed by atoms with Gasteiger partial charge in [-0.3, -0.25) is 5.10 Å². The average Bonchev–Trinajstić information content (AvgIpc) is 2.86. The molecular weight excluding hydrogens is 230 g/mol. The van der Waals surface area contributed by atoms with E-state index in [0.29, 0.717) is 29.7 Å². The Morgan fingerprint density at radius 3 is 2.61 bits per heavy atom. The third-order valence-corrected chi connectivity index (χ3v) is 2.28. The average molecular weight is 243 g/mol. The molecule has 6 heteroatoms. The maximum Gasteiger partial charge on any atom is 0.244 e. The summed E-state index contributed by atoms with van der Waals surface area (Å²) in [5, 5.41) is 15.5. The molecule has 0 aliphatic carbocycles. The lowest BCUT2D eigenvalue weighted by atomic mass is 10.2. The van der Waals surface area contributed by atoms with E-state index in [4.69, 9.17) is 10.00 Å². The van der Waals surface area contributed by atoms with Crippen LogP contribution in [0.3, 0.4) is 0 Å². The molecule has 92 valence electrons. The number of anilines is 1. The van der Waals surface area contributed by atoms with Crippen LogP contribution in [0.1, 0.15) is 11.4 Å². The van der Waals surface area contributed by atoms with Gasteiger partial charge in [0.1, 0.15) is 12.4 Å². The Hall–Kier alpha value is -2.55. The van der Waals surface area contributed by atoms with E-state index in [2.05, 4.69) is 21.3 Å². The van der Waals surface area contributed by atoms with Gasteiger partial charge in [0.25, 0.3) is 0 Å². The summed E-state index contributed by atoms with van der Waals surface area (Å²) in [4.78, 5) is 6.05. The zero-order chi connectivity index (χ0) is 13.0. The van der Waals surface area contributed by atoms with E-state index >= 15 is 0 Å². The molecule has 0 amide bonds. The maximum absolute atomic E-state index is 8.67. The number of hydrogen-bond donors (Lipinski definition) is 1. The molecule has 0 radical (unpaired) electrons. The van der Waals surface area contributed by atoms with Crippen LogP contribution in [0, 0.1) is 11.3 Å². The van der Waals surface area contributed by atoms with E-state index in [1.807, 2.05) is 19.0 Å². The fourth-order valence-electron chi connectivity index (χ4n) is 1.33. The Labute approximate surface area is 105 Å². The number of H-pyrrole nitrogens is 1. The second kappa shape index (κ2) is 5.19. The van der Waals surface area contributed by atoms with Gasteiger partial charge in [0.15, 0.2) is 5.82 Å². The standard InChI is InChI=1S/C12H13N5O/c1-17(2)12-14-11(15-16-12)8-18-10-5-3-9(7-13)4-6-10/h3-6H,8H2,1-2H3,(H,14,15,16). The Morgan fingerprint density at radius 2 is 2.06 bits per heavy atom. The normalized spacial score (nSPS) is 9.83. The van der Waals surface area contributed by atoms with Crippen molar-refractivity contribution in [2.75, 3.05) is 19.0 Å². The summed E-state index contributed by atoms with van der Waals surface area (Å²) in [5.74, 6) is 1.97.